The summed E-state index contributed by atoms with van der Waals surface area (Å²) in [5, 5.41) is 2.95. The fraction of sp³-hybridized carbons (Fsp3) is 0.833. The van der Waals surface area contributed by atoms with Crippen molar-refractivity contribution in [3.05, 3.63) is 6.92 Å². The van der Waals surface area contributed by atoms with E-state index in [-0.39, 0.29) is 0 Å². The second kappa shape index (κ2) is 3.82. The van der Waals surface area contributed by atoms with Crippen molar-refractivity contribution in [1.29, 1.82) is 0 Å². The molecule has 0 aliphatic rings. The van der Waals surface area contributed by atoms with E-state index < -0.39 is 5.79 Å². The van der Waals surface area contributed by atoms with Gasteiger partial charge in [0.2, 0.25) is 0 Å². The second-order valence-electron chi connectivity index (χ2n) is 2.17. The second-order valence-corrected chi connectivity index (χ2v) is 2.17. The summed E-state index contributed by atoms with van der Waals surface area (Å²) in [6.07, 6.45) is 1.54. The Hall–Kier alpha value is -0.120. The molecule has 5 N–H and O–H groups in total. The summed E-state index contributed by atoms with van der Waals surface area (Å²) < 4.78 is 0. The molecule has 0 aromatic carbocycles. The van der Waals surface area contributed by atoms with Crippen molar-refractivity contribution < 1.29 is 0 Å². The van der Waals surface area contributed by atoms with E-state index in [0.29, 0.717) is 0 Å². The summed E-state index contributed by atoms with van der Waals surface area (Å²) in [7, 11) is 0. The quantitative estimate of drug-likeness (QED) is 0.461. The molecule has 0 aliphatic carbocycles. The first kappa shape index (κ1) is 8.88. The maximum Gasteiger partial charge on any atom is 0.118 e. The van der Waals surface area contributed by atoms with Gasteiger partial charge in [-0.15, -0.1) is 0 Å². The summed E-state index contributed by atoms with van der Waals surface area (Å²) in [4.78, 5) is 0. The fourth-order valence-electron chi connectivity index (χ4n) is 0.446. The van der Waals surface area contributed by atoms with Gasteiger partial charge in [-0.25, -0.2) is 0 Å². The minimum Gasteiger partial charge on any atom is -0.301 e. The molecule has 0 fully saturated rings. The predicted octanol–water partition coefficient (Wildman–Crippen LogP) is -0.219. The van der Waals surface area contributed by atoms with Crippen LogP contribution in [0.15, 0.2) is 0 Å². The van der Waals surface area contributed by atoms with Crippen molar-refractivity contribution in [3.8, 4) is 0 Å². The molecule has 0 aliphatic heterocycles. The van der Waals surface area contributed by atoms with Gasteiger partial charge >= 0.3 is 0 Å². The van der Waals surface area contributed by atoms with E-state index in [9.17, 15) is 0 Å². The van der Waals surface area contributed by atoms with Crippen LogP contribution < -0.4 is 16.8 Å². The highest BCUT2D eigenvalue weighted by molar-refractivity contribution is 4.70. The van der Waals surface area contributed by atoms with E-state index in [1.54, 1.807) is 0 Å². The number of nitrogens with two attached hydrogens (primary N) is 2. The van der Waals surface area contributed by atoms with Crippen molar-refractivity contribution in [2.75, 3.05) is 6.54 Å². The summed E-state index contributed by atoms with van der Waals surface area (Å²) >= 11 is 0. The zero-order valence-corrected chi connectivity index (χ0v) is 5.98. The van der Waals surface area contributed by atoms with Gasteiger partial charge in [0.05, 0.1) is 0 Å². The molecule has 1 radical (unpaired) electrons. The highest BCUT2D eigenvalue weighted by atomic mass is 15.2. The third-order valence-electron chi connectivity index (χ3n) is 1.22. The fourth-order valence-corrected chi connectivity index (χ4v) is 0.446. The smallest absolute Gasteiger partial charge is 0.118 e. The highest BCUT2D eigenvalue weighted by Crippen LogP contribution is 1.89. The van der Waals surface area contributed by atoms with Gasteiger partial charge in [-0.05, 0) is 19.4 Å². The molecule has 0 atom stereocenters. The van der Waals surface area contributed by atoms with Gasteiger partial charge in [-0.2, -0.15) is 0 Å². The first-order valence-corrected chi connectivity index (χ1v) is 3.24. The third kappa shape index (κ3) is 4.39. The normalized spacial score (nSPS) is 12.0. The van der Waals surface area contributed by atoms with Gasteiger partial charge in [0, 0.05) is 0 Å². The SMILES string of the molecule is [CH2]CCNC(N)(N)CC. The molecule has 0 saturated heterocycles. The minimum absolute atomic E-state index is 0.697. The van der Waals surface area contributed by atoms with Crippen LogP contribution in [0.1, 0.15) is 19.8 Å². The number of rotatable bonds is 4. The van der Waals surface area contributed by atoms with Crippen LogP contribution in [0, 0.1) is 6.92 Å². The molecule has 55 valence electrons. The maximum absolute atomic E-state index is 5.54. The zero-order chi connectivity index (χ0) is 7.33. The molecule has 0 spiro atoms. The monoisotopic (exact) mass is 130 g/mol. The van der Waals surface area contributed by atoms with Crippen LogP contribution in [0.5, 0.6) is 0 Å². The predicted molar refractivity (Wildman–Crippen MR) is 39.4 cm³/mol. The highest BCUT2D eigenvalue weighted by Gasteiger charge is 2.12. The van der Waals surface area contributed by atoms with E-state index in [0.717, 1.165) is 19.4 Å². The summed E-state index contributed by atoms with van der Waals surface area (Å²) in [5.41, 5.74) is 11.1. The van der Waals surface area contributed by atoms with Crippen molar-refractivity contribution in [3.63, 3.8) is 0 Å². The lowest BCUT2D eigenvalue weighted by atomic mass is 10.3. The molecule has 9 heavy (non-hydrogen) atoms. The topological polar surface area (TPSA) is 64.1 Å². The van der Waals surface area contributed by atoms with E-state index >= 15 is 0 Å². The van der Waals surface area contributed by atoms with Gasteiger partial charge in [-0.1, -0.05) is 13.8 Å². The van der Waals surface area contributed by atoms with E-state index in [1.165, 1.54) is 0 Å². The van der Waals surface area contributed by atoms with Gasteiger partial charge in [0.25, 0.3) is 0 Å². The van der Waals surface area contributed by atoms with Gasteiger partial charge < -0.3 is 11.5 Å². The van der Waals surface area contributed by atoms with Crippen molar-refractivity contribution >= 4 is 0 Å². The van der Waals surface area contributed by atoms with E-state index in [2.05, 4.69) is 12.2 Å². The van der Waals surface area contributed by atoms with Crippen LogP contribution in [0.2, 0.25) is 0 Å². The molecule has 0 aromatic rings. The Morgan fingerprint density at radius 2 is 2.11 bits per heavy atom. The Kier molecular flexibility index (Phi) is 3.77. The zero-order valence-electron chi connectivity index (χ0n) is 5.98. The van der Waals surface area contributed by atoms with Crippen LogP contribution >= 0.6 is 0 Å². The van der Waals surface area contributed by atoms with Crippen LogP contribution in [0.4, 0.5) is 0 Å². The van der Waals surface area contributed by atoms with Crippen molar-refractivity contribution in [1.82, 2.24) is 5.32 Å². The Balaban J connectivity index is 3.33. The third-order valence-corrected chi connectivity index (χ3v) is 1.22. The van der Waals surface area contributed by atoms with Crippen LogP contribution in [0.25, 0.3) is 0 Å². The largest absolute Gasteiger partial charge is 0.301 e. The lowest BCUT2D eigenvalue weighted by Crippen LogP contribution is -2.60. The molecule has 0 rings (SSSR count). The average Bonchev–Trinajstić information content (AvgIpc) is 1.84. The Bertz CT molecular complexity index is 70.7. The van der Waals surface area contributed by atoms with Gasteiger partial charge in [-0.3, -0.25) is 5.32 Å². The molecular weight excluding hydrogens is 114 g/mol. The lowest BCUT2D eigenvalue weighted by molar-refractivity contribution is 0.338. The summed E-state index contributed by atoms with van der Waals surface area (Å²) in [6.45, 7) is 6.37. The van der Waals surface area contributed by atoms with Gasteiger partial charge in [0.1, 0.15) is 5.79 Å². The molecule has 3 nitrogen and oxygen atoms in total. The Morgan fingerprint density at radius 1 is 1.56 bits per heavy atom. The molecule has 3 heteroatoms. The summed E-state index contributed by atoms with van der Waals surface area (Å²) in [5.74, 6) is -0.697. The van der Waals surface area contributed by atoms with Crippen LogP contribution in [0.3, 0.4) is 0 Å². The molecule has 0 heterocycles. The standard InChI is InChI=1S/C6H16N3/c1-3-5-9-6(7,8)4-2/h9H,1,3-5,7-8H2,2H3. The Labute approximate surface area is 56.8 Å². The molecule has 0 amide bonds. The molecule has 0 unspecified atom stereocenters. The lowest BCUT2D eigenvalue weighted by Gasteiger charge is -2.23. The van der Waals surface area contributed by atoms with Crippen LogP contribution in [-0.2, 0) is 0 Å². The number of hydrogen-bond acceptors (Lipinski definition) is 3. The first-order chi connectivity index (χ1) is 4.12. The van der Waals surface area contributed by atoms with Gasteiger partial charge in [0.15, 0.2) is 0 Å². The van der Waals surface area contributed by atoms with Crippen LogP contribution in [-0.4, -0.2) is 12.3 Å². The van der Waals surface area contributed by atoms with E-state index in [4.69, 9.17) is 11.5 Å². The average molecular weight is 130 g/mol. The molecule has 0 saturated carbocycles. The first-order valence-electron chi connectivity index (χ1n) is 3.24. The molecular formula is C6H16N3. The number of nitrogens with one attached hydrogen (secondary N) is 1. The van der Waals surface area contributed by atoms with E-state index in [1.807, 2.05) is 6.92 Å². The maximum atomic E-state index is 5.54. The molecule has 0 aromatic heterocycles. The Morgan fingerprint density at radius 3 is 2.44 bits per heavy atom. The molecule has 0 bridgehead atoms. The number of hydrogen-bond donors (Lipinski definition) is 3. The van der Waals surface area contributed by atoms with Crippen molar-refractivity contribution in [2.45, 2.75) is 25.6 Å². The van der Waals surface area contributed by atoms with Crippen molar-refractivity contribution in [2.24, 2.45) is 11.5 Å². The minimum atomic E-state index is -0.697. The summed E-state index contributed by atoms with van der Waals surface area (Å²) in [6, 6.07) is 0.